The zero-order chi connectivity index (χ0) is 24.5. The Kier molecular flexibility index (Phi) is 10.2. The summed E-state index contributed by atoms with van der Waals surface area (Å²) < 4.78 is 13.0. The lowest BCUT2D eigenvalue weighted by molar-refractivity contribution is 0.0801. The number of likely N-dealkylation sites (tertiary alicyclic amines) is 1. The normalized spacial score (nSPS) is 20.0. The van der Waals surface area contributed by atoms with Crippen molar-refractivity contribution in [3.8, 4) is 0 Å². The number of alkyl halides is 1. The SMILES string of the molecule is CN1CCc2nc(C(=O)NC3CN(CCF)CCC3NC(=O)c3cc4cc(Cl)ccc4[nH]3)sc2C1.Cl.Cl. The molecule has 13 heteroatoms. The summed E-state index contributed by atoms with van der Waals surface area (Å²) in [5, 5.41) is 8.03. The zero-order valence-corrected chi connectivity index (χ0v) is 23.5. The molecule has 1 fully saturated rings. The number of nitrogens with zero attached hydrogens (tertiary/aromatic N) is 3. The molecule has 8 nitrogen and oxygen atoms in total. The first-order chi connectivity index (χ1) is 16.9. The third-order valence-corrected chi connectivity index (χ3v) is 7.99. The van der Waals surface area contributed by atoms with Crippen molar-refractivity contribution in [3.05, 3.63) is 50.6 Å². The van der Waals surface area contributed by atoms with Gasteiger partial charge in [-0.15, -0.1) is 36.2 Å². The Bertz CT molecular complexity index is 1250. The third-order valence-electron chi connectivity index (χ3n) is 6.67. The van der Waals surface area contributed by atoms with E-state index in [1.165, 1.54) is 11.3 Å². The number of piperidine rings is 1. The molecule has 1 saturated heterocycles. The van der Waals surface area contributed by atoms with Gasteiger partial charge in [0.2, 0.25) is 0 Å². The number of likely N-dealkylation sites (N-methyl/N-ethyl adjacent to an activating group) is 1. The van der Waals surface area contributed by atoms with Crippen LogP contribution in [0, 0.1) is 0 Å². The van der Waals surface area contributed by atoms with Crippen molar-refractivity contribution < 1.29 is 14.0 Å². The van der Waals surface area contributed by atoms with E-state index in [2.05, 4.69) is 32.5 Å². The van der Waals surface area contributed by atoms with Crippen molar-refractivity contribution in [1.29, 1.82) is 0 Å². The topological polar surface area (TPSA) is 93.4 Å². The molecule has 3 N–H and O–H groups in total. The van der Waals surface area contributed by atoms with Crippen LogP contribution < -0.4 is 10.6 Å². The van der Waals surface area contributed by atoms with Crippen LogP contribution in [0.3, 0.4) is 0 Å². The number of hydrogen-bond donors (Lipinski definition) is 3. The van der Waals surface area contributed by atoms with Gasteiger partial charge >= 0.3 is 0 Å². The van der Waals surface area contributed by atoms with Gasteiger partial charge in [0.25, 0.3) is 11.8 Å². The van der Waals surface area contributed by atoms with Crippen LogP contribution in [-0.4, -0.2) is 83.6 Å². The fourth-order valence-corrected chi connectivity index (χ4v) is 6.06. The maximum Gasteiger partial charge on any atom is 0.280 e. The predicted octanol–water partition coefficient (Wildman–Crippen LogP) is 3.68. The molecule has 2 unspecified atom stereocenters. The number of benzene rings is 1. The van der Waals surface area contributed by atoms with E-state index in [9.17, 15) is 14.0 Å². The molecule has 3 aromatic rings. The fraction of sp³-hybridized carbons (Fsp3) is 0.458. The molecule has 5 rings (SSSR count). The van der Waals surface area contributed by atoms with Crippen LogP contribution in [0.2, 0.25) is 5.02 Å². The second kappa shape index (κ2) is 12.7. The summed E-state index contributed by atoms with van der Waals surface area (Å²) in [6.07, 6.45) is 1.43. The quantitative estimate of drug-likeness (QED) is 0.407. The van der Waals surface area contributed by atoms with Crippen LogP contribution in [0.5, 0.6) is 0 Å². The number of H-pyrrole nitrogens is 1. The third kappa shape index (κ3) is 6.74. The first kappa shape index (κ1) is 29.6. The molecule has 0 saturated carbocycles. The van der Waals surface area contributed by atoms with Gasteiger partial charge < -0.3 is 20.5 Å². The summed E-state index contributed by atoms with van der Waals surface area (Å²) in [5.41, 5.74) is 2.24. The summed E-state index contributed by atoms with van der Waals surface area (Å²) in [6.45, 7) is 2.66. The van der Waals surface area contributed by atoms with Crippen LogP contribution in [0.1, 0.15) is 37.3 Å². The summed E-state index contributed by atoms with van der Waals surface area (Å²) in [7, 11) is 2.05. The van der Waals surface area contributed by atoms with Crippen molar-refractivity contribution in [2.24, 2.45) is 0 Å². The molecule has 2 aromatic heterocycles. The number of fused-ring (bicyclic) bond motifs is 2. The maximum atomic E-state index is 13.1. The Labute approximate surface area is 236 Å². The minimum atomic E-state index is -0.456. The molecule has 202 valence electrons. The number of halogens is 4. The molecule has 2 atom stereocenters. The van der Waals surface area contributed by atoms with Crippen molar-refractivity contribution >= 4 is 70.5 Å². The molecule has 1 aromatic carbocycles. The van der Waals surface area contributed by atoms with Crippen molar-refractivity contribution in [1.82, 2.24) is 30.4 Å². The van der Waals surface area contributed by atoms with Crippen LogP contribution in [0.15, 0.2) is 24.3 Å². The Morgan fingerprint density at radius 1 is 1.19 bits per heavy atom. The zero-order valence-electron chi connectivity index (χ0n) is 20.3. The van der Waals surface area contributed by atoms with Crippen LogP contribution >= 0.6 is 47.8 Å². The smallest absolute Gasteiger partial charge is 0.280 e. The van der Waals surface area contributed by atoms with Crippen molar-refractivity contribution in [2.75, 3.05) is 39.9 Å². The van der Waals surface area contributed by atoms with Gasteiger partial charge in [-0.25, -0.2) is 9.37 Å². The van der Waals surface area contributed by atoms with Gasteiger partial charge in [0.05, 0.1) is 17.8 Å². The summed E-state index contributed by atoms with van der Waals surface area (Å²) in [5.74, 6) is -0.507. The van der Waals surface area contributed by atoms with E-state index in [1.54, 1.807) is 18.2 Å². The Hall–Kier alpha value is -1.95. The monoisotopic (exact) mass is 590 g/mol. The molecule has 0 spiro atoms. The average molecular weight is 592 g/mol. The summed E-state index contributed by atoms with van der Waals surface area (Å²) in [6, 6.07) is 6.50. The van der Waals surface area contributed by atoms with Gasteiger partial charge in [-0.05, 0) is 37.7 Å². The fourth-order valence-electron chi connectivity index (χ4n) is 4.78. The van der Waals surface area contributed by atoms with E-state index in [-0.39, 0.29) is 48.7 Å². The van der Waals surface area contributed by atoms with Gasteiger partial charge in [-0.1, -0.05) is 11.6 Å². The van der Waals surface area contributed by atoms with E-state index in [0.29, 0.717) is 41.8 Å². The number of nitrogens with one attached hydrogen (secondary N) is 3. The molecule has 4 heterocycles. The maximum absolute atomic E-state index is 13.1. The van der Waals surface area contributed by atoms with Gasteiger partial charge in [0.1, 0.15) is 12.4 Å². The van der Waals surface area contributed by atoms with E-state index in [4.69, 9.17) is 11.6 Å². The van der Waals surface area contributed by atoms with Gasteiger partial charge in [-0.2, -0.15) is 0 Å². The number of aromatic amines is 1. The van der Waals surface area contributed by atoms with Gasteiger partial charge in [0, 0.05) is 59.9 Å². The van der Waals surface area contributed by atoms with Crippen LogP contribution in [-0.2, 0) is 13.0 Å². The molecule has 0 aliphatic carbocycles. The van der Waals surface area contributed by atoms with Crippen LogP contribution in [0.25, 0.3) is 10.9 Å². The van der Waals surface area contributed by atoms with E-state index in [1.807, 2.05) is 11.0 Å². The van der Waals surface area contributed by atoms with Crippen LogP contribution in [0.4, 0.5) is 4.39 Å². The highest BCUT2D eigenvalue weighted by atomic mass is 35.5. The van der Waals surface area contributed by atoms with E-state index >= 15 is 0 Å². The summed E-state index contributed by atoms with van der Waals surface area (Å²) in [4.78, 5) is 39.2. The second-order valence-corrected chi connectivity index (χ2v) is 10.7. The highest BCUT2D eigenvalue weighted by Crippen LogP contribution is 2.25. The second-order valence-electron chi connectivity index (χ2n) is 9.23. The number of carbonyl (C=O) groups excluding carboxylic acids is 2. The number of rotatable bonds is 6. The first-order valence-corrected chi connectivity index (χ1v) is 12.9. The lowest BCUT2D eigenvalue weighted by atomic mass is 9.98. The Balaban J connectivity index is 0.00000190. The molecule has 37 heavy (non-hydrogen) atoms. The summed E-state index contributed by atoms with van der Waals surface area (Å²) >= 11 is 7.49. The number of hydrogen-bond acceptors (Lipinski definition) is 6. The number of amides is 2. The number of aromatic nitrogens is 2. The molecule has 2 amide bonds. The van der Waals surface area contributed by atoms with Gasteiger partial charge in [0.15, 0.2) is 5.01 Å². The highest BCUT2D eigenvalue weighted by molar-refractivity contribution is 7.13. The Morgan fingerprint density at radius 3 is 2.76 bits per heavy atom. The van der Waals surface area contributed by atoms with Gasteiger partial charge in [-0.3, -0.25) is 14.5 Å². The Morgan fingerprint density at radius 2 is 1.97 bits per heavy atom. The largest absolute Gasteiger partial charge is 0.351 e. The molecular formula is C24H30Cl3FN6O2S. The van der Waals surface area contributed by atoms with E-state index in [0.717, 1.165) is 41.0 Å². The minimum Gasteiger partial charge on any atom is -0.351 e. The number of carbonyl (C=O) groups is 2. The lowest BCUT2D eigenvalue weighted by Gasteiger charge is -2.38. The molecule has 2 aliphatic rings. The lowest BCUT2D eigenvalue weighted by Crippen LogP contribution is -2.60. The molecule has 0 radical (unpaired) electrons. The first-order valence-electron chi connectivity index (χ1n) is 11.7. The number of thiazole rings is 1. The highest BCUT2D eigenvalue weighted by Gasteiger charge is 2.33. The minimum absolute atomic E-state index is 0. The molecule has 2 aliphatic heterocycles. The molecule has 0 bridgehead atoms. The van der Waals surface area contributed by atoms with E-state index < -0.39 is 6.67 Å². The van der Waals surface area contributed by atoms with Crippen molar-refractivity contribution in [3.63, 3.8) is 0 Å². The standard InChI is InChI=1S/C24H28ClFN6O2S.2ClH/c1-31-7-4-18-21(13-31)35-24(30-18)23(34)29-20-12-32(9-6-26)8-5-17(20)28-22(33)19-11-14-10-15(25)2-3-16(14)27-19;;/h2-3,10-11,17,20,27H,4-9,12-13H2,1H3,(H,28,33)(H,29,34);2*1H. The predicted molar refractivity (Wildman–Crippen MR) is 149 cm³/mol. The average Bonchev–Trinajstić information content (AvgIpc) is 3.44. The molecular weight excluding hydrogens is 562 g/mol. The van der Waals surface area contributed by atoms with Crippen molar-refractivity contribution in [2.45, 2.75) is 31.5 Å².